The fourth-order valence-electron chi connectivity index (χ4n) is 2.28. The van der Waals surface area contributed by atoms with Crippen LogP contribution in [0.25, 0.3) is 0 Å². The molecule has 0 aliphatic rings. The summed E-state index contributed by atoms with van der Waals surface area (Å²) < 4.78 is 5.72. The van der Waals surface area contributed by atoms with Crippen LogP contribution in [0.5, 0.6) is 5.75 Å². The molecule has 4 nitrogen and oxygen atoms in total. The van der Waals surface area contributed by atoms with Gasteiger partial charge in [0.25, 0.3) is 0 Å². The van der Waals surface area contributed by atoms with E-state index in [1.165, 1.54) is 11.8 Å². The summed E-state index contributed by atoms with van der Waals surface area (Å²) in [5, 5.41) is 10.1. The highest BCUT2D eigenvalue weighted by Crippen LogP contribution is 2.18. The van der Waals surface area contributed by atoms with Crippen molar-refractivity contribution in [1.82, 2.24) is 4.90 Å². The van der Waals surface area contributed by atoms with Gasteiger partial charge in [0.05, 0.1) is 18.4 Å². The summed E-state index contributed by atoms with van der Waals surface area (Å²) in [7, 11) is 1.78. The summed E-state index contributed by atoms with van der Waals surface area (Å²) in [6.45, 7) is 3.00. The van der Waals surface area contributed by atoms with E-state index < -0.39 is 6.10 Å². The summed E-state index contributed by atoms with van der Waals surface area (Å²) in [5.41, 5.74) is 1.96. The number of aliphatic hydroxyl groups is 1. The normalized spacial score (nSPS) is 11.8. The molecule has 0 aliphatic heterocycles. The molecule has 0 aliphatic carbocycles. The number of carbonyl (C=O) groups excluding carboxylic acids is 1. The largest absolute Gasteiger partial charge is 0.491 e. The van der Waals surface area contributed by atoms with Crippen molar-refractivity contribution >= 4 is 17.7 Å². The number of ether oxygens (including phenoxy) is 1. The summed E-state index contributed by atoms with van der Waals surface area (Å²) in [4.78, 5) is 13.8. The molecule has 0 saturated heterocycles. The third-order valence-electron chi connectivity index (χ3n) is 3.89. The molecule has 2 rings (SSSR count). The minimum atomic E-state index is -0.548. The molecule has 1 atom stereocenters. The highest BCUT2D eigenvalue weighted by Gasteiger charge is 2.12. The SMILES string of the molecule is Cc1ccccc1OCCN(C)C(=O)CSCC(O)c1ccccc1. The highest BCUT2D eigenvalue weighted by atomic mass is 32.2. The maximum Gasteiger partial charge on any atom is 0.232 e. The third-order valence-corrected chi connectivity index (χ3v) is 4.89. The predicted octanol–water partition coefficient (Wildman–Crippen LogP) is 3.30. The first kappa shape index (κ1) is 19.3. The van der Waals surface area contributed by atoms with Crippen LogP contribution in [-0.4, -0.2) is 47.6 Å². The van der Waals surface area contributed by atoms with Gasteiger partial charge in [0.2, 0.25) is 5.91 Å². The van der Waals surface area contributed by atoms with Crippen LogP contribution in [0.15, 0.2) is 54.6 Å². The van der Waals surface area contributed by atoms with Crippen molar-refractivity contribution in [2.75, 3.05) is 31.7 Å². The van der Waals surface area contributed by atoms with E-state index in [0.717, 1.165) is 16.9 Å². The first-order valence-electron chi connectivity index (χ1n) is 8.31. The molecular formula is C20H25NO3S. The number of carbonyl (C=O) groups is 1. The van der Waals surface area contributed by atoms with Gasteiger partial charge in [-0.05, 0) is 24.1 Å². The quantitative estimate of drug-likeness (QED) is 0.746. The van der Waals surface area contributed by atoms with E-state index in [1.54, 1.807) is 11.9 Å². The van der Waals surface area contributed by atoms with Crippen molar-refractivity contribution in [3.8, 4) is 5.75 Å². The first-order valence-corrected chi connectivity index (χ1v) is 9.46. The summed E-state index contributed by atoms with van der Waals surface area (Å²) in [5.74, 6) is 1.75. The molecular weight excluding hydrogens is 334 g/mol. The van der Waals surface area contributed by atoms with E-state index in [2.05, 4.69) is 0 Å². The van der Waals surface area contributed by atoms with Crippen molar-refractivity contribution in [1.29, 1.82) is 0 Å². The van der Waals surface area contributed by atoms with Gasteiger partial charge in [-0.25, -0.2) is 0 Å². The van der Waals surface area contributed by atoms with E-state index in [4.69, 9.17) is 4.74 Å². The van der Waals surface area contributed by atoms with Crippen molar-refractivity contribution in [2.24, 2.45) is 0 Å². The number of likely N-dealkylation sites (N-methyl/N-ethyl adjacent to an activating group) is 1. The number of aryl methyl sites for hydroxylation is 1. The van der Waals surface area contributed by atoms with Crippen LogP contribution in [0.4, 0.5) is 0 Å². The van der Waals surface area contributed by atoms with E-state index >= 15 is 0 Å². The monoisotopic (exact) mass is 359 g/mol. The van der Waals surface area contributed by atoms with E-state index in [-0.39, 0.29) is 5.91 Å². The lowest BCUT2D eigenvalue weighted by Crippen LogP contribution is -2.32. The minimum absolute atomic E-state index is 0.0404. The lowest BCUT2D eigenvalue weighted by molar-refractivity contribution is -0.127. The Morgan fingerprint density at radius 2 is 1.84 bits per heavy atom. The van der Waals surface area contributed by atoms with Crippen LogP contribution in [0.3, 0.4) is 0 Å². The molecule has 0 heterocycles. The van der Waals surface area contributed by atoms with Gasteiger partial charge in [-0.3, -0.25) is 4.79 Å². The Morgan fingerprint density at radius 3 is 2.56 bits per heavy atom. The average Bonchev–Trinajstić information content (AvgIpc) is 2.63. The summed E-state index contributed by atoms with van der Waals surface area (Å²) in [6.07, 6.45) is -0.548. The molecule has 134 valence electrons. The number of hydrogen-bond donors (Lipinski definition) is 1. The molecule has 0 spiro atoms. The summed E-state index contributed by atoms with van der Waals surface area (Å²) in [6, 6.07) is 17.3. The number of nitrogens with zero attached hydrogens (tertiary/aromatic N) is 1. The van der Waals surface area contributed by atoms with E-state index in [0.29, 0.717) is 24.7 Å². The number of aliphatic hydroxyl groups excluding tert-OH is 1. The van der Waals surface area contributed by atoms with Gasteiger partial charge >= 0.3 is 0 Å². The number of rotatable bonds is 9. The van der Waals surface area contributed by atoms with Crippen LogP contribution in [-0.2, 0) is 4.79 Å². The molecule has 1 amide bonds. The Balaban J connectivity index is 1.65. The second-order valence-corrected chi connectivity index (χ2v) is 6.90. The maximum atomic E-state index is 12.1. The second-order valence-electron chi connectivity index (χ2n) is 5.87. The molecule has 0 bridgehead atoms. The molecule has 1 unspecified atom stereocenters. The Bertz CT molecular complexity index is 663. The zero-order chi connectivity index (χ0) is 18.1. The second kappa shape index (κ2) is 10.1. The molecule has 5 heteroatoms. The summed E-state index contributed by atoms with van der Waals surface area (Å²) >= 11 is 1.44. The molecule has 2 aromatic carbocycles. The third kappa shape index (κ3) is 6.44. The van der Waals surface area contributed by atoms with Gasteiger partial charge in [-0.2, -0.15) is 0 Å². The molecule has 0 saturated carbocycles. The van der Waals surface area contributed by atoms with Crippen LogP contribution in [0.2, 0.25) is 0 Å². The van der Waals surface area contributed by atoms with Crippen molar-refractivity contribution in [3.05, 3.63) is 65.7 Å². The van der Waals surface area contributed by atoms with Crippen molar-refractivity contribution < 1.29 is 14.6 Å². The molecule has 0 fully saturated rings. The molecule has 1 N–H and O–H groups in total. The van der Waals surface area contributed by atoms with Gasteiger partial charge < -0.3 is 14.7 Å². The van der Waals surface area contributed by atoms with Crippen LogP contribution in [0.1, 0.15) is 17.2 Å². The lowest BCUT2D eigenvalue weighted by atomic mass is 10.1. The van der Waals surface area contributed by atoms with E-state index in [1.807, 2.05) is 61.5 Å². The highest BCUT2D eigenvalue weighted by molar-refractivity contribution is 7.99. The van der Waals surface area contributed by atoms with Gasteiger partial charge in [0, 0.05) is 12.8 Å². The number of amides is 1. The molecule has 0 radical (unpaired) electrons. The predicted molar refractivity (Wildman–Crippen MR) is 103 cm³/mol. The fourth-order valence-corrected chi connectivity index (χ4v) is 3.20. The number of benzene rings is 2. The van der Waals surface area contributed by atoms with Crippen molar-refractivity contribution in [2.45, 2.75) is 13.0 Å². The first-order chi connectivity index (χ1) is 12.1. The number of thioether (sulfide) groups is 1. The molecule has 2 aromatic rings. The van der Waals surface area contributed by atoms with Gasteiger partial charge in [-0.1, -0.05) is 48.5 Å². The Hall–Kier alpha value is -1.98. The van der Waals surface area contributed by atoms with Gasteiger partial charge in [0.1, 0.15) is 12.4 Å². The van der Waals surface area contributed by atoms with E-state index in [9.17, 15) is 9.90 Å². The van der Waals surface area contributed by atoms with Gasteiger partial charge in [0.15, 0.2) is 0 Å². The number of para-hydroxylation sites is 1. The Kier molecular flexibility index (Phi) is 7.82. The van der Waals surface area contributed by atoms with Gasteiger partial charge in [-0.15, -0.1) is 11.8 Å². The van der Waals surface area contributed by atoms with Crippen molar-refractivity contribution in [3.63, 3.8) is 0 Å². The molecule has 0 aromatic heterocycles. The lowest BCUT2D eigenvalue weighted by Gasteiger charge is -2.18. The molecule has 25 heavy (non-hydrogen) atoms. The fraction of sp³-hybridized carbons (Fsp3) is 0.350. The number of hydrogen-bond acceptors (Lipinski definition) is 4. The Labute approximate surface area is 153 Å². The average molecular weight is 359 g/mol. The van der Waals surface area contributed by atoms with Crippen LogP contribution >= 0.6 is 11.8 Å². The Morgan fingerprint density at radius 1 is 1.16 bits per heavy atom. The zero-order valence-electron chi connectivity index (χ0n) is 14.7. The minimum Gasteiger partial charge on any atom is -0.491 e. The topological polar surface area (TPSA) is 49.8 Å². The van der Waals surface area contributed by atoms with Crippen LogP contribution in [0, 0.1) is 6.92 Å². The van der Waals surface area contributed by atoms with Crippen LogP contribution < -0.4 is 4.74 Å². The standard InChI is InChI=1S/C20H25NO3S/c1-16-8-6-7-11-19(16)24-13-12-21(2)20(23)15-25-14-18(22)17-9-4-3-5-10-17/h3-11,18,22H,12-15H2,1-2H3. The smallest absolute Gasteiger partial charge is 0.232 e. The zero-order valence-corrected chi connectivity index (χ0v) is 15.5. The maximum absolute atomic E-state index is 12.1.